The molecule has 1 aromatic carbocycles. The van der Waals surface area contributed by atoms with Gasteiger partial charge in [-0.2, -0.15) is 0 Å². The van der Waals surface area contributed by atoms with Crippen molar-refractivity contribution in [3.63, 3.8) is 0 Å². The van der Waals surface area contributed by atoms with Crippen molar-refractivity contribution in [1.29, 1.82) is 0 Å². The third kappa shape index (κ3) is 7.52. The predicted octanol–water partition coefficient (Wildman–Crippen LogP) is 3.77. The van der Waals surface area contributed by atoms with Crippen LogP contribution in [0, 0.1) is 19.8 Å². The molecular formula is C18H31IN4. The highest BCUT2D eigenvalue weighted by molar-refractivity contribution is 14.0. The van der Waals surface area contributed by atoms with Gasteiger partial charge in [0, 0.05) is 18.8 Å². The quantitative estimate of drug-likeness (QED) is 0.425. The minimum Gasteiger partial charge on any atom is -0.370 e. The molecule has 1 fully saturated rings. The summed E-state index contributed by atoms with van der Waals surface area (Å²) in [4.78, 5) is 7.05. The van der Waals surface area contributed by atoms with Gasteiger partial charge in [0.05, 0.1) is 0 Å². The van der Waals surface area contributed by atoms with Crippen molar-refractivity contribution in [2.75, 3.05) is 31.5 Å². The first-order valence-corrected chi connectivity index (χ1v) is 8.40. The molecule has 0 amide bonds. The van der Waals surface area contributed by atoms with Crippen LogP contribution in [0.5, 0.6) is 0 Å². The SMILES string of the molecule is Cc1cc(C)cc(NC(N)=NCC(C)CN2CCCCC2)c1.I. The number of benzene rings is 1. The number of anilines is 1. The van der Waals surface area contributed by atoms with Crippen molar-refractivity contribution in [3.8, 4) is 0 Å². The molecule has 2 rings (SSSR count). The number of nitrogens with zero attached hydrogens (tertiary/aromatic N) is 2. The number of piperidine rings is 1. The van der Waals surface area contributed by atoms with Crippen molar-refractivity contribution in [3.05, 3.63) is 29.3 Å². The maximum Gasteiger partial charge on any atom is 0.193 e. The zero-order valence-corrected chi connectivity index (χ0v) is 17.0. The lowest BCUT2D eigenvalue weighted by Crippen LogP contribution is -2.34. The number of nitrogens with two attached hydrogens (primary N) is 1. The van der Waals surface area contributed by atoms with E-state index in [0.29, 0.717) is 11.9 Å². The highest BCUT2D eigenvalue weighted by Gasteiger charge is 2.13. The first kappa shape index (κ1) is 20.2. The Labute approximate surface area is 157 Å². The smallest absolute Gasteiger partial charge is 0.193 e. The van der Waals surface area contributed by atoms with Crippen LogP contribution in [0.2, 0.25) is 0 Å². The highest BCUT2D eigenvalue weighted by atomic mass is 127. The van der Waals surface area contributed by atoms with E-state index in [4.69, 9.17) is 5.73 Å². The molecule has 0 spiro atoms. The van der Waals surface area contributed by atoms with E-state index in [-0.39, 0.29) is 24.0 Å². The molecule has 0 bridgehead atoms. The minimum atomic E-state index is 0. The predicted molar refractivity (Wildman–Crippen MR) is 111 cm³/mol. The van der Waals surface area contributed by atoms with Crippen LogP contribution in [0.25, 0.3) is 0 Å². The summed E-state index contributed by atoms with van der Waals surface area (Å²) in [6, 6.07) is 6.33. The van der Waals surface area contributed by atoms with Gasteiger partial charge < -0.3 is 16.0 Å². The Bertz CT molecular complexity index is 489. The van der Waals surface area contributed by atoms with Crippen LogP contribution in [0.3, 0.4) is 0 Å². The first-order valence-electron chi connectivity index (χ1n) is 8.40. The zero-order chi connectivity index (χ0) is 15.9. The maximum atomic E-state index is 6.01. The fourth-order valence-corrected chi connectivity index (χ4v) is 3.13. The molecule has 5 heteroatoms. The molecule has 130 valence electrons. The van der Waals surface area contributed by atoms with Gasteiger partial charge in [-0.05, 0) is 69.0 Å². The fourth-order valence-electron chi connectivity index (χ4n) is 3.13. The van der Waals surface area contributed by atoms with E-state index in [2.05, 4.69) is 54.2 Å². The van der Waals surface area contributed by atoms with Crippen molar-refractivity contribution in [1.82, 2.24) is 4.90 Å². The van der Waals surface area contributed by atoms with Gasteiger partial charge in [0.15, 0.2) is 5.96 Å². The number of halogens is 1. The summed E-state index contributed by atoms with van der Waals surface area (Å²) in [5.74, 6) is 1.05. The number of likely N-dealkylation sites (tertiary alicyclic amines) is 1. The molecule has 0 radical (unpaired) electrons. The first-order chi connectivity index (χ1) is 10.5. The Morgan fingerprint density at radius 2 is 1.78 bits per heavy atom. The molecular weight excluding hydrogens is 399 g/mol. The Kier molecular flexibility index (Phi) is 8.91. The van der Waals surface area contributed by atoms with Gasteiger partial charge in [-0.3, -0.25) is 4.99 Å². The van der Waals surface area contributed by atoms with Gasteiger partial charge in [-0.25, -0.2) is 0 Å². The molecule has 1 saturated heterocycles. The van der Waals surface area contributed by atoms with Crippen LogP contribution in [0.15, 0.2) is 23.2 Å². The van der Waals surface area contributed by atoms with Crippen molar-refractivity contribution in [2.24, 2.45) is 16.6 Å². The summed E-state index contributed by atoms with van der Waals surface area (Å²) in [6.07, 6.45) is 4.06. The summed E-state index contributed by atoms with van der Waals surface area (Å²) in [6.45, 7) is 10.8. The van der Waals surface area contributed by atoms with Gasteiger partial charge in [0.25, 0.3) is 0 Å². The lowest BCUT2D eigenvalue weighted by Gasteiger charge is -2.28. The van der Waals surface area contributed by atoms with E-state index >= 15 is 0 Å². The largest absolute Gasteiger partial charge is 0.370 e. The third-order valence-corrected chi connectivity index (χ3v) is 4.09. The molecule has 3 N–H and O–H groups in total. The zero-order valence-electron chi connectivity index (χ0n) is 14.6. The van der Waals surface area contributed by atoms with E-state index in [1.165, 1.54) is 43.5 Å². The standard InChI is InChI=1S/C18H30N4.HI/c1-14-9-15(2)11-17(10-14)21-18(19)20-12-16(3)13-22-7-5-4-6-8-22;/h9-11,16H,4-8,12-13H2,1-3H3,(H3,19,20,21);1H. The number of hydrogen-bond acceptors (Lipinski definition) is 2. The number of hydrogen-bond donors (Lipinski definition) is 2. The molecule has 0 saturated carbocycles. The lowest BCUT2D eigenvalue weighted by atomic mass is 10.1. The average Bonchev–Trinajstić information content (AvgIpc) is 2.45. The topological polar surface area (TPSA) is 53.6 Å². The normalized spacial score (nSPS) is 17.4. The second kappa shape index (κ2) is 10.1. The van der Waals surface area contributed by atoms with Gasteiger partial charge >= 0.3 is 0 Å². The Hall–Kier alpha value is -0.820. The molecule has 23 heavy (non-hydrogen) atoms. The van der Waals surface area contributed by atoms with Crippen LogP contribution in [0.1, 0.15) is 37.3 Å². The molecule has 1 heterocycles. The summed E-state index contributed by atoms with van der Waals surface area (Å²) in [7, 11) is 0. The number of rotatable bonds is 5. The summed E-state index contributed by atoms with van der Waals surface area (Å²) in [5, 5.41) is 3.20. The summed E-state index contributed by atoms with van der Waals surface area (Å²) in [5.41, 5.74) is 9.49. The second-order valence-corrected chi connectivity index (χ2v) is 6.69. The van der Waals surface area contributed by atoms with Crippen LogP contribution >= 0.6 is 24.0 Å². The van der Waals surface area contributed by atoms with E-state index < -0.39 is 0 Å². The molecule has 1 aliphatic rings. The number of guanidine groups is 1. The molecule has 1 unspecified atom stereocenters. The Balaban J connectivity index is 0.00000264. The van der Waals surface area contributed by atoms with Crippen molar-refractivity contribution < 1.29 is 0 Å². The highest BCUT2D eigenvalue weighted by Crippen LogP contribution is 2.14. The molecule has 0 aromatic heterocycles. The number of nitrogens with one attached hydrogen (secondary N) is 1. The van der Waals surface area contributed by atoms with Gasteiger partial charge in [-0.15, -0.1) is 24.0 Å². The molecule has 1 aliphatic heterocycles. The summed E-state index contributed by atoms with van der Waals surface area (Å²) < 4.78 is 0. The van der Waals surface area contributed by atoms with E-state index in [1.54, 1.807) is 0 Å². The van der Waals surface area contributed by atoms with E-state index in [1.807, 2.05) is 0 Å². The van der Waals surface area contributed by atoms with E-state index in [0.717, 1.165) is 18.8 Å². The van der Waals surface area contributed by atoms with Crippen LogP contribution in [-0.2, 0) is 0 Å². The maximum absolute atomic E-state index is 6.01. The molecule has 0 aliphatic carbocycles. The van der Waals surface area contributed by atoms with Gasteiger partial charge in [-0.1, -0.05) is 19.4 Å². The van der Waals surface area contributed by atoms with Crippen LogP contribution < -0.4 is 11.1 Å². The van der Waals surface area contributed by atoms with E-state index in [9.17, 15) is 0 Å². The summed E-state index contributed by atoms with van der Waals surface area (Å²) >= 11 is 0. The minimum absolute atomic E-state index is 0. The van der Waals surface area contributed by atoms with Crippen LogP contribution in [-0.4, -0.2) is 37.0 Å². The average molecular weight is 430 g/mol. The van der Waals surface area contributed by atoms with Crippen molar-refractivity contribution >= 4 is 35.6 Å². The lowest BCUT2D eigenvalue weighted by molar-refractivity contribution is 0.203. The Morgan fingerprint density at radius 3 is 2.39 bits per heavy atom. The number of aliphatic imine (C=N–C) groups is 1. The molecule has 1 aromatic rings. The van der Waals surface area contributed by atoms with Gasteiger partial charge in [0.1, 0.15) is 0 Å². The van der Waals surface area contributed by atoms with Crippen molar-refractivity contribution in [2.45, 2.75) is 40.0 Å². The molecule has 4 nitrogen and oxygen atoms in total. The van der Waals surface area contributed by atoms with Crippen LogP contribution in [0.4, 0.5) is 5.69 Å². The second-order valence-electron chi connectivity index (χ2n) is 6.69. The Morgan fingerprint density at radius 1 is 1.17 bits per heavy atom. The number of aryl methyl sites for hydroxylation is 2. The third-order valence-electron chi connectivity index (χ3n) is 4.09. The monoisotopic (exact) mass is 430 g/mol. The van der Waals surface area contributed by atoms with Gasteiger partial charge in [0.2, 0.25) is 0 Å². The molecule has 1 atom stereocenters. The fraction of sp³-hybridized carbons (Fsp3) is 0.611.